The third-order valence-corrected chi connectivity index (χ3v) is 5.32. The quantitative estimate of drug-likeness (QED) is 0.755. The highest BCUT2D eigenvalue weighted by molar-refractivity contribution is 5.92. The van der Waals surface area contributed by atoms with E-state index in [1.54, 1.807) is 24.2 Å². The second-order valence-electron chi connectivity index (χ2n) is 7.43. The zero-order chi connectivity index (χ0) is 19.5. The summed E-state index contributed by atoms with van der Waals surface area (Å²) in [7, 11) is 0. The number of fused-ring (bicyclic) bond motifs is 3. The summed E-state index contributed by atoms with van der Waals surface area (Å²) in [4.78, 5) is 33.7. The molecule has 1 aromatic heterocycles. The minimum Gasteiger partial charge on any atom is -0.491 e. The van der Waals surface area contributed by atoms with Gasteiger partial charge in [-0.05, 0) is 18.6 Å². The zero-order valence-electron chi connectivity index (χ0n) is 16.0. The van der Waals surface area contributed by atoms with Crippen LogP contribution in [0.15, 0.2) is 36.0 Å². The highest BCUT2D eigenvalue weighted by Crippen LogP contribution is 2.24. The number of pyridine rings is 1. The maximum absolute atomic E-state index is 13.1. The van der Waals surface area contributed by atoms with Gasteiger partial charge < -0.3 is 24.0 Å². The summed E-state index contributed by atoms with van der Waals surface area (Å²) >= 11 is 0. The Bertz CT molecular complexity index is 766. The van der Waals surface area contributed by atoms with Gasteiger partial charge in [0, 0.05) is 37.9 Å². The maximum Gasteiger partial charge on any atom is 0.292 e. The van der Waals surface area contributed by atoms with E-state index in [0.29, 0.717) is 58.2 Å². The van der Waals surface area contributed by atoms with Gasteiger partial charge in [0.05, 0.1) is 25.7 Å². The van der Waals surface area contributed by atoms with Gasteiger partial charge in [0.1, 0.15) is 19.0 Å². The standard InChI is InChI=1S/C20H25N3O5/c1-14-19(28-6-5-27-14)20(25)23-10-16-9-22(11-17(23)13-26-12-16)18(24)7-15-3-2-4-21-8-15/h2-4,8,16-17H,5-7,9-13H2,1H3/t16-,17-/m0/s1. The molecule has 28 heavy (non-hydrogen) atoms. The molecule has 4 rings (SSSR count). The average molecular weight is 387 g/mol. The van der Waals surface area contributed by atoms with Crippen LogP contribution >= 0.6 is 0 Å². The van der Waals surface area contributed by atoms with Crippen molar-refractivity contribution in [2.75, 3.05) is 46.1 Å². The molecule has 0 N–H and O–H groups in total. The summed E-state index contributed by atoms with van der Waals surface area (Å²) in [6.07, 6.45) is 3.72. The van der Waals surface area contributed by atoms with Crippen LogP contribution in [0.1, 0.15) is 12.5 Å². The summed E-state index contributed by atoms with van der Waals surface area (Å²) in [5.41, 5.74) is 0.889. The Morgan fingerprint density at radius 2 is 2.04 bits per heavy atom. The molecule has 2 bridgehead atoms. The predicted octanol–water partition coefficient (Wildman–Crippen LogP) is 0.588. The number of rotatable bonds is 3. The van der Waals surface area contributed by atoms with Crippen LogP contribution < -0.4 is 0 Å². The number of nitrogens with zero attached hydrogens (tertiary/aromatic N) is 3. The van der Waals surface area contributed by atoms with E-state index >= 15 is 0 Å². The lowest BCUT2D eigenvalue weighted by Crippen LogP contribution is -2.49. The second kappa shape index (κ2) is 8.18. The lowest BCUT2D eigenvalue weighted by atomic mass is 10.1. The van der Waals surface area contributed by atoms with Crippen molar-refractivity contribution in [1.29, 1.82) is 0 Å². The number of ether oxygens (including phenoxy) is 3. The number of aromatic nitrogens is 1. The van der Waals surface area contributed by atoms with Crippen molar-refractivity contribution < 1.29 is 23.8 Å². The number of allylic oxidation sites excluding steroid dienone is 1. The van der Waals surface area contributed by atoms with Crippen molar-refractivity contribution in [2.24, 2.45) is 5.92 Å². The number of amides is 2. The monoisotopic (exact) mass is 387 g/mol. The van der Waals surface area contributed by atoms with Gasteiger partial charge in [-0.1, -0.05) is 6.07 Å². The molecule has 2 amide bonds. The molecule has 3 aliphatic heterocycles. The average Bonchev–Trinajstić information content (AvgIpc) is 3.00. The Kier molecular flexibility index (Phi) is 5.47. The first-order valence-corrected chi connectivity index (χ1v) is 9.63. The predicted molar refractivity (Wildman–Crippen MR) is 98.9 cm³/mol. The van der Waals surface area contributed by atoms with E-state index in [2.05, 4.69) is 4.98 Å². The van der Waals surface area contributed by atoms with E-state index < -0.39 is 0 Å². The molecule has 1 aromatic rings. The lowest BCUT2D eigenvalue weighted by molar-refractivity contribution is -0.137. The highest BCUT2D eigenvalue weighted by atomic mass is 16.6. The Hall–Kier alpha value is -2.61. The Balaban J connectivity index is 1.51. The molecule has 0 spiro atoms. The fourth-order valence-electron chi connectivity index (χ4n) is 3.93. The maximum atomic E-state index is 13.1. The van der Waals surface area contributed by atoms with Crippen molar-refractivity contribution in [3.05, 3.63) is 41.6 Å². The van der Waals surface area contributed by atoms with Crippen LogP contribution in [0.25, 0.3) is 0 Å². The summed E-state index contributed by atoms with van der Waals surface area (Å²) in [6.45, 7) is 5.08. The molecule has 0 aliphatic carbocycles. The summed E-state index contributed by atoms with van der Waals surface area (Å²) < 4.78 is 16.8. The number of carbonyl (C=O) groups is 2. The molecule has 0 saturated carbocycles. The Labute approximate surface area is 164 Å². The summed E-state index contributed by atoms with van der Waals surface area (Å²) in [6, 6.07) is 3.53. The van der Waals surface area contributed by atoms with Crippen LogP contribution in [-0.4, -0.2) is 78.7 Å². The molecule has 150 valence electrons. The molecule has 4 heterocycles. The lowest BCUT2D eigenvalue weighted by Gasteiger charge is -2.32. The van der Waals surface area contributed by atoms with Crippen LogP contribution in [0.3, 0.4) is 0 Å². The van der Waals surface area contributed by atoms with E-state index in [0.717, 1.165) is 5.56 Å². The summed E-state index contributed by atoms with van der Waals surface area (Å²) in [5.74, 6) is 0.721. The van der Waals surface area contributed by atoms with Crippen molar-refractivity contribution in [2.45, 2.75) is 19.4 Å². The van der Waals surface area contributed by atoms with Gasteiger partial charge in [0.15, 0.2) is 0 Å². The SMILES string of the molecule is CC1=C(C(=O)N2C[C@H]3COC[C@@H]2CN(C(=O)Cc2cccnc2)C3)OCCO1. The second-order valence-corrected chi connectivity index (χ2v) is 7.43. The van der Waals surface area contributed by atoms with Crippen LogP contribution in [0.4, 0.5) is 0 Å². The van der Waals surface area contributed by atoms with Gasteiger partial charge >= 0.3 is 0 Å². The van der Waals surface area contributed by atoms with E-state index in [-0.39, 0.29) is 29.5 Å². The topological polar surface area (TPSA) is 81.2 Å². The molecule has 8 nitrogen and oxygen atoms in total. The normalized spacial score (nSPS) is 24.9. The highest BCUT2D eigenvalue weighted by Gasteiger charge is 2.39. The van der Waals surface area contributed by atoms with Gasteiger partial charge in [0.2, 0.25) is 11.7 Å². The number of hydrogen-bond donors (Lipinski definition) is 0. The molecular weight excluding hydrogens is 362 g/mol. The van der Waals surface area contributed by atoms with Gasteiger partial charge in [-0.15, -0.1) is 0 Å². The Morgan fingerprint density at radius 3 is 2.82 bits per heavy atom. The van der Waals surface area contributed by atoms with Gasteiger partial charge in [-0.3, -0.25) is 14.6 Å². The van der Waals surface area contributed by atoms with Gasteiger partial charge in [-0.25, -0.2) is 0 Å². The largest absolute Gasteiger partial charge is 0.491 e. The van der Waals surface area contributed by atoms with Gasteiger partial charge in [-0.2, -0.15) is 0 Å². The molecule has 0 aromatic carbocycles. The van der Waals surface area contributed by atoms with Crippen molar-refractivity contribution >= 4 is 11.8 Å². The van der Waals surface area contributed by atoms with E-state index in [4.69, 9.17) is 14.2 Å². The first-order chi connectivity index (χ1) is 13.6. The number of hydrogen-bond acceptors (Lipinski definition) is 6. The first kappa shape index (κ1) is 18.7. The van der Waals surface area contributed by atoms with E-state index in [9.17, 15) is 9.59 Å². The van der Waals surface area contributed by atoms with Crippen LogP contribution in [-0.2, 0) is 30.2 Å². The van der Waals surface area contributed by atoms with Crippen LogP contribution in [0.5, 0.6) is 0 Å². The molecule has 3 aliphatic rings. The fourth-order valence-corrected chi connectivity index (χ4v) is 3.93. The zero-order valence-corrected chi connectivity index (χ0v) is 16.0. The van der Waals surface area contributed by atoms with Crippen LogP contribution in [0.2, 0.25) is 0 Å². The first-order valence-electron chi connectivity index (χ1n) is 9.63. The fraction of sp³-hybridized carbons (Fsp3) is 0.550. The van der Waals surface area contributed by atoms with Crippen molar-refractivity contribution in [1.82, 2.24) is 14.8 Å². The third-order valence-electron chi connectivity index (χ3n) is 5.32. The van der Waals surface area contributed by atoms with E-state index in [1.165, 1.54) is 0 Å². The molecule has 2 atom stereocenters. The molecule has 8 heteroatoms. The van der Waals surface area contributed by atoms with Crippen molar-refractivity contribution in [3.63, 3.8) is 0 Å². The van der Waals surface area contributed by atoms with Gasteiger partial charge in [0.25, 0.3) is 5.91 Å². The smallest absolute Gasteiger partial charge is 0.292 e. The van der Waals surface area contributed by atoms with Crippen LogP contribution in [0, 0.1) is 5.92 Å². The summed E-state index contributed by atoms with van der Waals surface area (Å²) in [5, 5.41) is 0. The van der Waals surface area contributed by atoms with Crippen molar-refractivity contribution in [3.8, 4) is 0 Å². The molecule has 0 radical (unpaired) electrons. The minimum atomic E-state index is -0.205. The number of carbonyl (C=O) groups excluding carboxylic acids is 2. The third kappa shape index (κ3) is 3.96. The molecular formula is C20H25N3O5. The minimum absolute atomic E-state index is 0.0480. The molecule has 0 unspecified atom stereocenters. The molecule has 2 saturated heterocycles. The molecule has 2 fully saturated rings. The Morgan fingerprint density at radius 1 is 1.18 bits per heavy atom. The van der Waals surface area contributed by atoms with E-state index in [1.807, 2.05) is 17.0 Å².